The lowest BCUT2D eigenvalue weighted by Gasteiger charge is -2.32. The number of ether oxygens (including phenoxy) is 2. The molecule has 4 aromatic rings. The molecule has 5 rings (SSSR count). The van der Waals surface area contributed by atoms with Crippen molar-refractivity contribution in [1.29, 1.82) is 5.26 Å². The van der Waals surface area contributed by atoms with Gasteiger partial charge in [-0.3, -0.25) is 14.5 Å². The summed E-state index contributed by atoms with van der Waals surface area (Å²) in [5, 5.41) is 16.9. The molecule has 1 fully saturated rings. The number of anilines is 1. The Hall–Kier alpha value is -5.30. The maximum atomic E-state index is 13.6. The van der Waals surface area contributed by atoms with Gasteiger partial charge in [0.2, 0.25) is 5.91 Å². The number of nitrogens with zero attached hydrogens (tertiary/aromatic N) is 3. The number of nitriles is 1. The SMILES string of the molecule is COc1ccc(N(C[C@@H](C#N)NC(=O)[C@@H]2CCCC[C@@H]2NC(=O)c2cc3ccccc3n2C)C(=O)OCc2ccccc2)cc1. The third kappa shape index (κ3) is 7.44. The topological polar surface area (TPSA) is 126 Å². The maximum Gasteiger partial charge on any atom is 0.414 e. The molecule has 1 saturated carbocycles. The molecule has 0 saturated heterocycles. The van der Waals surface area contributed by atoms with Crippen molar-refractivity contribution < 1.29 is 23.9 Å². The summed E-state index contributed by atoms with van der Waals surface area (Å²) < 4.78 is 12.7. The van der Waals surface area contributed by atoms with E-state index in [2.05, 4.69) is 16.7 Å². The number of rotatable bonds is 10. The van der Waals surface area contributed by atoms with Crippen molar-refractivity contribution in [3.05, 3.63) is 96.2 Å². The van der Waals surface area contributed by atoms with Crippen LogP contribution < -0.4 is 20.3 Å². The monoisotopic (exact) mass is 607 g/mol. The third-order valence-corrected chi connectivity index (χ3v) is 8.25. The van der Waals surface area contributed by atoms with E-state index in [1.54, 1.807) is 31.4 Å². The first-order valence-corrected chi connectivity index (χ1v) is 15.1. The number of hydrogen-bond acceptors (Lipinski definition) is 6. The smallest absolute Gasteiger partial charge is 0.414 e. The molecule has 1 aromatic heterocycles. The lowest BCUT2D eigenvalue weighted by Crippen LogP contribution is -2.52. The fraction of sp³-hybridized carbons (Fsp3) is 0.314. The molecule has 3 amide bonds. The number of amides is 3. The number of benzene rings is 3. The van der Waals surface area contributed by atoms with Crippen LogP contribution in [0.1, 0.15) is 41.7 Å². The standard InChI is InChI=1S/C35H37N5O5/c1-39-31-15-9-6-12-25(31)20-32(39)34(42)38-30-14-8-7-13-29(30)33(41)37-26(21-36)22-40(27-16-18-28(44-2)19-17-27)35(43)45-23-24-10-4-3-5-11-24/h3-6,9-12,15-20,26,29-30H,7-8,13-14,22-23H2,1-2H3,(H,37,41)(H,38,42)/t26-,29-,30+/m1/s1. The van der Waals surface area contributed by atoms with Gasteiger partial charge < -0.3 is 24.7 Å². The Morgan fingerprint density at radius 3 is 2.42 bits per heavy atom. The largest absolute Gasteiger partial charge is 0.497 e. The molecule has 10 nitrogen and oxygen atoms in total. The van der Waals surface area contributed by atoms with Gasteiger partial charge in [-0.15, -0.1) is 0 Å². The summed E-state index contributed by atoms with van der Waals surface area (Å²) >= 11 is 0. The maximum absolute atomic E-state index is 13.6. The molecule has 1 heterocycles. The van der Waals surface area contributed by atoms with Crippen molar-refractivity contribution in [1.82, 2.24) is 15.2 Å². The summed E-state index contributed by atoms with van der Waals surface area (Å²) in [5.41, 5.74) is 2.77. The zero-order valence-corrected chi connectivity index (χ0v) is 25.4. The fourth-order valence-electron chi connectivity index (χ4n) is 5.79. The molecule has 2 N–H and O–H groups in total. The van der Waals surface area contributed by atoms with Crippen molar-refractivity contribution in [2.45, 2.75) is 44.4 Å². The number of aryl methyl sites for hydroxylation is 1. The average Bonchev–Trinajstić information content (AvgIpc) is 3.42. The van der Waals surface area contributed by atoms with Gasteiger partial charge in [0.25, 0.3) is 5.91 Å². The van der Waals surface area contributed by atoms with E-state index < -0.39 is 24.1 Å². The third-order valence-electron chi connectivity index (χ3n) is 8.25. The van der Waals surface area contributed by atoms with Gasteiger partial charge in [-0.2, -0.15) is 5.26 Å². The van der Waals surface area contributed by atoms with Crippen molar-refractivity contribution in [3.63, 3.8) is 0 Å². The molecular weight excluding hydrogens is 570 g/mol. The van der Waals surface area contributed by atoms with Crippen LogP contribution in [0, 0.1) is 17.2 Å². The fourth-order valence-corrected chi connectivity index (χ4v) is 5.79. The van der Waals surface area contributed by atoms with Crippen LogP contribution in [0.15, 0.2) is 84.9 Å². The summed E-state index contributed by atoms with van der Waals surface area (Å²) in [6.07, 6.45) is 2.28. The Balaban J connectivity index is 1.28. The molecule has 45 heavy (non-hydrogen) atoms. The van der Waals surface area contributed by atoms with Gasteiger partial charge in [-0.05, 0) is 54.8 Å². The molecular formula is C35H37N5O5. The predicted molar refractivity (Wildman–Crippen MR) is 171 cm³/mol. The van der Waals surface area contributed by atoms with Gasteiger partial charge in [0.15, 0.2) is 0 Å². The van der Waals surface area contributed by atoms with Crippen molar-refractivity contribution in [2.24, 2.45) is 13.0 Å². The van der Waals surface area contributed by atoms with E-state index in [0.29, 0.717) is 30.0 Å². The highest BCUT2D eigenvalue weighted by Gasteiger charge is 2.34. The summed E-state index contributed by atoms with van der Waals surface area (Å²) in [6.45, 7) is -0.0854. The second-order valence-corrected chi connectivity index (χ2v) is 11.2. The number of fused-ring (bicyclic) bond motifs is 1. The number of aromatic nitrogens is 1. The van der Waals surface area contributed by atoms with Gasteiger partial charge in [0, 0.05) is 29.7 Å². The molecule has 0 unspecified atom stereocenters. The number of nitrogens with one attached hydrogen (secondary N) is 2. The first-order valence-electron chi connectivity index (χ1n) is 15.1. The summed E-state index contributed by atoms with van der Waals surface area (Å²) in [7, 11) is 3.39. The molecule has 3 aromatic carbocycles. The van der Waals surface area contributed by atoms with Crippen molar-refractivity contribution in [3.8, 4) is 11.8 Å². The van der Waals surface area contributed by atoms with Gasteiger partial charge in [-0.1, -0.05) is 61.4 Å². The Morgan fingerprint density at radius 1 is 1.00 bits per heavy atom. The van der Waals surface area contributed by atoms with Crippen LogP contribution in [0.25, 0.3) is 10.9 Å². The lowest BCUT2D eigenvalue weighted by atomic mass is 9.83. The molecule has 0 spiro atoms. The van der Waals surface area contributed by atoms with E-state index >= 15 is 0 Å². The van der Waals surface area contributed by atoms with E-state index in [1.165, 1.54) is 4.90 Å². The van der Waals surface area contributed by atoms with Crippen molar-refractivity contribution >= 4 is 34.5 Å². The van der Waals surface area contributed by atoms with Crippen LogP contribution in [0.4, 0.5) is 10.5 Å². The lowest BCUT2D eigenvalue weighted by molar-refractivity contribution is -0.127. The molecule has 0 aliphatic heterocycles. The zero-order chi connectivity index (χ0) is 31.8. The number of hydrogen-bond donors (Lipinski definition) is 2. The van der Waals surface area contributed by atoms with Crippen molar-refractivity contribution in [2.75, 3.05) is 18.6 Å². The Labute approximate surface area is 262 Å². The van der Waals surface area contributed by atoms with E-state index in [9.17, 15) is 19.6 Å². The Bertz CT molecular complexity index is 1680. The molecule has 1 aliphatic carbocycles. The second kappa shape index (κ2) is 14.4. The molecule has 0 bridgehead atoms. The highest BCUT2D eigenvalue weighted by molar-refractivity contribution is 5.99. The van der Waals surface area contributed by atoms with Crippen LogP contribution in [-0.2, 0) is 23.2 Å². The van der Waals surface area contributed by atoms with E-state index in [-0.39, 0.29) is 25.0 Å². The normalized spacial score (nSPS) is 16.6. The van der Waals surface area contributed by atoms with Gasteiger partial charge in [-0.25, -0.2) is 4.79 Å². The van der Waals surface area contributed by atoms with Gasteiger partial charge >= 0.3 is 6.09 Å². The molecule has 3 atom stereocenters. The number of carbonyl (C=O) groups is 3. The second-order valence-electron chi connectivity index (χ2n) is 11.2. The van der Waals surface area contributed by atoms with Crippen LogP contribution in [0.5, 0.6) is 5.75 Å². The van der Waals surface area contributed by atoms with Crippen LogP contribution in [0.3, 0.4) is 0 Å². The first-order chi connectivity index (χ1) is 21.9. The average molecular weight is 608 g/mol. The number of carbonyl (C=O) groups excluding carboxylic acids is 3. The quantitative estimate of drug-likeness (QED) is 0.251. The van der Waals surface area contributed by atoms with Crippen LogP contribution in [0.2, 0.25) is 0 Å². The van der Waals surface area contributed by atoms with E-state index in [1.807, 2.05) is 72.3 Å². The van der Waals surface area contributed by atoms with E-state index in [0.717, 1.165) is 29.3 Å². The predicted octanol–water partition coefficient (Wildman–Crippen LogP) is 5.33. The molecule has 1 aliphatic rings. The zero-order valence-electron chi connectivity index (χ0n) is 25.4. The number of para-hydroxylation sites is 1. The van der Waals surface area contributed by atoms with Crippen LogP contribution in [-0.4, -0.2) is 48.2 Å². The molecule has 0 radical (unpaired) electrons. The van der Waals surface area contributed by atoms with E-state index in [4.69, 9.17) is 9.47 Å². The highest BCUT2D eigenvalue weighted by Crippen LogP contribution is 2.27. The number of methoxy groups -OCH3 is 1. The molecule has 10 heteroatoms. The summed E-state index contributed by atoms with van der Waals surface area (Å²) in [4.78, 5) is 41.6. The first kappa shape index (κ1) is 31.1. The van der Waals surface area contributed by atoms with Crippen LogP contribution >= 0.6 is 0 Å². The van der Waals surface area contributed by atoms with Gasteiger partial charge in [0.05, 0.1) is 25.6 Å². The summed E-state index contributed by atoms with van der Waals surface area (Å²) in [6, 6.07) is 26.4. The minimum atomic E-state index is -1.03. The Morgan fingerprint density at radius 2 is 1.71 bits per heavy atom. The minimum Gasteiger partial charge on any atom is -0.497 e. The highest BCUT2D eigenvalue weighted by atomic mass is 16.6. The molecule has 232 valence electrons. The minimum absolute atomic E-state index is 0.0517. The summed E-state index contributed by atoms with van der Waals surface area (Å²) in [5.74, 6) is -0.499. The van der Waals surface area contributed by atoms with Gasteiger partial charge in [0.1, 0.15) is 24.1 Å². The Kier molecular flexibility index (Phi) is 10.00.